The summed E-state index contributed by atoms with van der Waals surface area (Å²) >= 11 is 1.32. The normalized spacial score (nSPS) is 10.3. The molecule has 0 saturated heterocycles. The Labute approximate surface area is 105 Å². The second-order valence-corrected chi connectivity index (χ2v) is 4.61. The molecule has 0 aliphatic carbocycles. The second kappa shape index (κ2) is 7.29. The summed E-state index contributed by atoms with van der Waals surface area (Å²) in [5.74, 6) is 0.00642. The van der Waals surface area contributed by atoms with E-state index in [1.807, 2.05) is 13.1 Å². The van der Waals surface area contributed by atoms with Crippen molar-refractivity contribution in [1.82, 2.24) is 5.32 Å². The number of methoxy groups -OCH3 is 1. The van der Waals surface area contributed by atoms with E-state index >= 15 is 0 Å². The third-order valence-electron chi connectivity index (χ3n) is 2.17. The van der Waals surface area contributed by atoms with Crippen molar-refractivity contribution >= 4 is 17.7 Å². The zero-order valence-electron chi connectivity index (χ0n) is 9.96. The summed E-state index contributed by atoms with van der Waals surface area (Å²) in [6.45, 7) is 0.643. The Hall–Kier alpha value is -1.07. The summed E-state index contributed by atoms with van der Waals surface area (Å²) in [4.78, 5) is 11.5. The Morgan fingerprint density at radius 3 is 2.88 bits per heavy atom. The first-order valence-electron chi connectivity index (χ1n) is 5.30. The van der Waals surface area contributed by atoms with Crippen LogP contribution in [-0.2, 0) is 16.1 Å². The topological polar surface area (TPSA) is 38.3 Å². The van der Waals surface area contributed by atoms with E-state index in [-0.39, 0.29) is 11.8 Å². The first-order chi connectivity index (χ1) is 8.17. The monoisotopic (exact) mass is 257 g/mol. The van der Waals surface area contributed by atoms with Crippen LogP contribution in [0.2, 0.25) is 0 Å². The molecule has 5 heteroatoms. The second-order valence-electron chi connectivity index (χ2n) is 3.47. The smallest absolute Gasteiger partial charge is 0.306 e. The van der Waals surface area contributed by atoms with Gasteiger partial charge < -0.3 is 10.1 Å². The summed E-state index contributed by atoms with van der Waals surface area (Å²) in [5, 5.41) is 2.96. The van der Waals surface area contributed by atoms with Crippen LogP contribution in [0.15, 0.2) is 23.1 Å². The molecule has 94 valence electrons. The number of carbonyl (C=O) groups is 1. The van der Waals surface area contributed by atoms with Crippen LogP contribution in [0.5, 0.6) is 0 Å². The van der Waals surface area contributed by atoms with E-state index in [9.17, 15) is 9.18 Å². The maximum Gasteiger partial charge on any atom is 0.306 e. The highest BCUT2D eigenvalue weighted by Gasteiger charge is 2.06. The molecule has 1 aromatic carbocycles. The average molecular weight is 257 g/mol. The largest absolute Gasteiger partial charge is 0.469 e. The molecule has 0 amide bonds. The van der Waals surface area contributed by atoms with Crippen LogP contribution < -0.4 is 5.32 Å². The van der Waals surface area contributed by atoms with Crippen molar-refractivity contribution in [3.05, 3.63) is 29.6 Å². The predicted molar refractivity (Wildman–Crippen MR) is 66.5 cm³/mol. The number of esters is 1. The van der Waals surface area contributed by atoms with Gasteiger partial charge in [-0.3, -0.25) is 4.79 Å². The molecule has 3 nitrogen and oxygen atoms in total. The minimum Gasteiger partial charge on any atom is -0.469 e. The van der Waals surface area contributed by atoms with E-state index in [2.05, 4.69) is 10.1 Å². The van der Waals surface area contributed by atoms with Crippen LogP contribution in [0.25, 0.3) is 0 Å². The highest BCUT2D eigenvalue weighted by molar-refractivity contribution is 7.99. The summed E-state index contributed by atoms with van der Waals surface area (Å²) in [6, 6.07) is 5.13. The minimum absolute atomic E-state index is 0.243. The van der Waals surface area contributed by atoms with Gasteiger partial charge in [-0.25, -0.2) is 4.39 Å². The molecule has 0 bridgehead atoms. The zero-order valence-corrected chi connectivity index (χ0v) is 10.8. The van der Waals surface area contributed by atoms with Crippen molar-refractivity contribution in [2.45, 2.75) is 17.9 Å². The Morgan fingerprint density at radius 1 is 1.53 bits per heavy atom. The number of rotatable bonds is 6. The fourth-order valence-corrected chi connectivity index (χ4v) is 2.17. The van der Waals surface area contributed by atoms with E-state index in [1.54, 1.807) is 6.07 Å². The molecule has 0 aromatic heterocycles. The molecule has 0 saturated carbocycles. The van der Waals surface area contributed by atoms with Crippen molar-refractivity contribution < 1.29 is 13.9 Å². The van der Waals surface area contributed by atoms with Gasteiger partial charge in [0, 0.05) is 17.2 Å². The standard InChI is InChI=1S/C12H16FNO2S/c1-14-8-9-3-4-11(10(13)7-9)17-6-5-12(15)16-2/h3-4,7,14H,5-6,8H2,1-2H3. The number of carbonyl (C=O) groups excluding carboxylic acids is 1. The summed E-state index contributed by atoms with van der Waals surface area (Å²) in [5.41, 5.74) is 0.905. The van der Waals surface area contributed by atoms with E-state index in [1.165, 1.54) is 24.9 Å². The molecule has 0 aliphatic rings. The average Bonchev–Trinajstić information content (AvgIpc) is 2.32. The first-order valence-corrected chi connectivity index (χ1v) is 6.28. The summed E-state index contributed by atoms with van der Waals surface area (Å²) in [6.07, 6.45) is 0.291. The highest BCUT2D eigenvalue weighted by Crippen LogP contribution is 2.23. The third kappa shape index (κ3) is 4.75. The lowest BCUT2D eigenvalue weighted by Gasteiger charge is -2.05. The Morgan fingerprint density at radius 2 is 2.29 bits per heavy atom. The maximum atomic E-state index is 13.6. The van der Waals surface area contributed by atoms with Crippen LogP contribution in [0.4, 0.5) is 4.39 Å². The van der Waals surface area contributed by atoms with E-state index < -0.39 is 0 Å². The van der Waals surface area contributed by atoms with Gasteiger partial charge in [-0.15, -0.1) is 11.8 Å². The molecule has 0 fully saturated rings. The van der Waals surface area contributed by atoms with Gasteiger partial charge in [0.15, 0.2) is 0 Å². The van der Waals surface area contributed by atoms with Crippen LogP contribution in [0.3, 0.4) is 0 Å². The lowest BCUT2D eigenvalue weighted by atomic mass is 10.2. The first kappa shape index (κ1) is 14.0. The Kier molecular flexibility index (Phi) is 6.00. The number of halogens is 1. The molecule has 17 heavy (non-hydrogen) atoms. The molecule has 0 unspecified atom stereocenters. The van der Waals surface area contributed by atoms with Crippen LogP contribution >= 0.6 is 11.8 Å². The van der Waals surface area contributed by atoms with Crippen molar-refractivity contribution in [2.75, 3.05) is 19.9 Å². The predicted octanol–water partition coefficient (Wildman–Crippen LogP) is 2.20. The van der Waals surface area contributed by atoms with E-state index in [4.69, 9.17) is 0 Å². The van der Waals surface area contributed by atoms with Crippen LogP contribution in [-0.4, -0.2) is 25.9 Å². The molecule has 1 aromatic rings. The number of ether oxygens (including phenoxy) is 1. The zero-order chi connectivity index (χ0) is 12.7. The molecule has 0 heterocycles. The highest BCUT2D eigenvalue weighted by atomic mass is 32.2. The van der Waals surface area contributed by atoms with E-state index in [0.717, 1.165) is 5.56 Å². The molecule has 0 spiro atoms. The number of nitrogens with one attached hydrogen (secondary N) is 1. The molecular formula is C12H16FNO2S. The molecule has 0 atom stereocenters. The fourth-order valence-electron chi connectivity index (χ4n) is 1.32. The van der Waals surface area contributed by atoms with Crippen molar-refractivity contribution in [1.29, 1.82) is 0 Å². The molecular weight excluding hydrogens is 241 g/mol. The lowest BCUT2D eigenvalue weighted by Crippen LogP contribution is -2.05. The number of thioether (sulfide) groups is 1. The van der Waals surface area contributed by atoms with Gasteiger partial charge in [0.25, 0.3) is 0 Å². The summed E-state index contributed by atoms with van der Waals surface area (Å²) < 4.78 is 18.1. The Bertz CT molecular complexity index is 385. The van der Waals surface area contributed by atoms with Gasteiger partial charge in [-0.05, 0) is 24.7 Å². The number of benzene rings is 1. The van der Waals surface area contributed by atoms with Gasteiger partial charge >= 0.3 is 5.97 Å². The molecule has 1 rings (SSSR count). The molecule has 0 radical (unpaired) electrons. The Balaban J connectivity index is 2.51. The molecule has 0 aliphatic heterocycles. The minimum atomic E-state index is -0.273. The van der Waals surface area contributed by atoms with Gasteiger partial charge in [-0.2, -0.15) is 0 Å². The number of hydrogen-bond donors (Lipinski definition) is 1. The van der Waals surface area contributed by atoms with Gasteiger partial charge in [0.05, 0.1) is 13.5 Å². The van der Waals surface area contributed by atoms with Crippen LogP contribution in [0.1, 0.15) is 12.0 Å². The third-order valence-corrected chi connectivity index (χ3v) is 3.22. The van der Waals surface area contributed by atoms with Gasteiger partial charge in [0.1, 0.15) is 5.82 Å². The number of hydrogen-bond acceptors (Lipinski definition) is 4. The quantitative estimate of drug-likeness (QED) is 0.626. The van der Waals surface area contributed by atoms with Gasteiger partial charge in [-0.1, -0.05) is 6.07 Å². The fraction of sp³-hybridized carbons (Fsp3) is 0.417. The van der Waals surface area contributed by atoms with E-state index in [0.29, 0.717) is 23.6 Å². The SMILES string of the molecule is CNCc1ccc(SCCC(=O)OC)c(F)c1. The van der Waals surface area contributed by atoms with Crippen molar-refractivity contribution in [2.24, 2.45) is 0 Å². The van der Waals surface area contributed by atoms with Gasteiger partial charge in [0.2, 0.25) is 0 Å². The van der Waals surface area contributed by atoms with Crippen LogP contribution in [0, 0.1) is 5.82 Å². The lowest BCUT2D eigenvalue weighted by molar-refractivity contribution is -0.140. The maximum absolute atomic E-state index is 13.6. The summed E-state index contributed by atoms with van der Waals surface area (Å²) in [7, 11) is 3.16. The molecule has 1 N–H and O–H groups in total. The van der Waals surface area contributed by atoms with Crippen molar-refractivity contribution in [3.8, 4) is 0 Å². The van der Waals surface area contributed by atoms with Crippen molar-refractivity contribution in [3.63, 3.8) is 0 Å².